The summed E-state index contributed by atoms with van der Waals surface area (Å²) < 4.78 is 0. The molecule has 0 aliphatic carbocycles. The van der Waals surface area contributed by atoms with Crippen LogP contribution in [0.15, 0.2) is 24.3 Å². The summed E-state index contributed by atoms with van der Waals surface area (Å²) in [6, 6.07) is 8.90. The van der Waals surface area contributed by atoms with Crippen LogP contribution in [0.5, 0.6) is 0 Å². The van der Waals surface area contributed by atoms with Gasteiger partial charge < -0.3 is 10.6 Å². The molecule has 3 nitrogen and oxygen atoms in total. The van der Waals surface area contributed by atoms with Crippen LogP contribution in [0.3, 0.4) is 0 Å². The van der Waals surface area contributed by atoms with Gasteiger partial charge in [0, 0.05) is 18.3 Å². The van der Waals surface area contributed by atoms with Gasteiger partial charge in [-0.25, -0.2) is 0 Å². The monoisotopic (exact) mass is 277 g/mol. The molecule has 1 fully saturated rings. The molecule has 1 unspecified atom stereocenters. The molecule has 1 saturated heterocycles. The van der Waals surface area contributed by atoms with E-state index in [0.717, 1.165) is 18.8 Å². The summed E-state index contributed by atoms with van der Waals surface area (Å²) in [5.41, 5.74) is 2.30. The molecule has 2 rings (SSSR count). The van der Waals surface area contributed by atoms with Crippen molar-refractivity contribution in [3.63, 3.8) is 0 Å². The molecule has 0 amide bonds. The maximum absolute atomic E-state index is 5.34. The van der Waals surface area contributed by atoms with Gasteiger partial charge in [-0.3, -0.25) is 4.90 Å². The lowest BCUT2D eigenvalue weighted by molar-refractivity contribution is 0.267. The third-order valence-electron chi connectivity index (χ3n) is 3.71. The van der Waals surface area contributed by atoms with Crippen molar-refractivity contribution in [3.05, 3.63) is 29.8 Å². The van der Waals surface area contributed by atoms with Crippen molar-refractivity contribution in [2.24, 2.45) is 0 Å². The van der Waals surface area contributed by atoms with Crippen LogP contribution in [-0.2, 0) is 0 Å². The number of nitrogens with zero attached hydrogens (tertiary/aromatic N) is 1. The molecule has 0 spiro atoms. The van der Waals surface area contributed by atoms with E-state index < -0.39 is 0 Å². The Morgan fingerprint density at radius 3 is 2.79 bits per heavy atom. The van der Waals surface area contributed by atoms with Crippen molar-refractivity contribution in [3.8, 4) is 0 Å². The second kappa shape index (κ2) is 6.87. The maximum atomic E-state index is 5.34. The number of aryl methyl sites for hydroxylation is 1. The number of likely N-dealkylation sites (N-methyl/N-ethyl adjacent to an activating group) is 1. The molecule has 0 bridgehead atoms. The third kappa shape index (κ3) is 4.18. The van der Waals surface area contributed by atoms with E-state index in [-0.39, 0.29) is 0 Å². The normalized spacial score (nSPS) is 19.4. The molecule has 1 aliphatic heterocycles. The Hall–Kier alpha value is -1.13. The Kier molecular flexibility index (Phi) is 5.16. The number of hydrogen-bond donors (Lipinski definition) is 2. The summed E-state index contributed by atoms with van der Waals surface area (Å²) in [7, 11) is 0. The first kappa shape index (κ1) is 14.3. The first-order chi connectivity index (χ1) is 9.19. The van der Waals surface area contributed by atoms with Crippen LogP contribution in [0, 0.1) is 6.92 Å². The van der Waals surface area contributed by atoms with Crippen molar-refractivity contribution in [2.75, 3.05) is 25.0 Å². The minimum atomic E-state index is 0.628. The van der Waals surface area contributed by atoms with Gasteiger partial charge in [0.05, 0.1) is 0 Å². The zero-order valence-corrected chi connectivity index (χ0v) is 12.6. The summed E-state index contributed by atoms with van der Waals surface area (Å²) in [6.45, 7) is 7.60. The van der Waals surface area contributed by atoms with E-state index in [2.05, 4.69) is 53.6 Å². The molecule has 2 N–H and O–H groups in total. The fraction of sp³-hybridized carbons (Fsp3) is 0.533. The van der Waals surface area contributed by atoms with E-state index in [0.29, 0.717) is 11.2 Å². The minimum Gasteiger partial charge on any atom is -0.361 e. The van der Waals surface area contributed by atoms with E-state index in [1.165, 1.54) is 24.9 Å². The predicted molar refractivity (Wildman–Crippen MR) is 85.7 cm³/mol. The van der Waals surface area contributed by atoms with Crippen LogP contribution in [0.25, 0.3) is 0 Å². The predicted octanol–water partition coefficient (Wildman–Crippen LogP) is 2.77. The van der Waals surface area contributed by atoms with Crippen LogP contribution in [0.4, 0.5) is 5.69 Å². The number of likely N-dealkylation sites (tertiary alicyclic amines) is 1. The van der Waals surface area contributed by atoms with E-state index in [4.69, 9.17) is 12.2 Å². The van der Waals surface area contributed by atoms with Gasteiger partial charge in [0.15, 0.2) is 5.11 Å². The number of rotatable bonds is 4. The van der Waals surface area contributed by atoms with Gasteiger partial charge in [0.2, 0.25) is 0 Å². The lowest BCUT2D eigenvalue weighted by atomic mass is 10.2. The molecule has 1 aromatic carbocycles. The summed E-state index contributed by atoms with van der Waals surface area (Å²) >= 11 is 5.34. The minimum absolute atomic E-state index is 0.628. The highest BCUT2D eigenvalue weighted by atomic mass is 32.1. The Morgan fingerprint density at radius 1 is 1.37 bits per heavy atom. The Labute approximate surface area is 121 Å². The summed E-state index contributed by atoms with van der Waals surface area (Å²) in [4.78, 5) is 2.52. The quantitative estimate of drug-likeness (QED) is 0.828. The number of nitrogens with one attached hydrogen (secondary N) is 2. The highest BCUT2D eigenvalue weighted by molar-refractivity contribution is 7.80. The summed E-state index contributed by atoms with van der Waals surface area (Å²) in [5, 5.41) is 7.27. The molecule has 4 heteroatoms. The van der Waals surface area contributed by atoms with Crippen molar-refractivity contribution in [1.29, 1.82) is 0 Å². The molecular weight excluding hydrogens is 254 g/mol. The van der Waals surface area contributed by atoms with E-state index >= 15 is 0 Å². The van der Waals surface area contributed by atoms with E-state index in [1.54, 1.807) is 0 Å². The topological polar surface area (TPSA) is 27.3 Å². The van der Waals surface area contributed by atoms with Gasteiger partial charge in [0.1, 0.15) is 0 Å². The molecule has 19 heavy (non-hydrogen) atoms. The van der Waals surface area contributed by atoms with Crippen molar-refractivity contribution in [1.82, 2.24) is 10.2 Å². The average molecular weight is 277 g/mol. The largest absolute Gasteiger partial charge is 0.361 e. The molecule has 0 radical (unpaired) electrons. The van der Waals surface area contributed by atoms with Crippen LogP contribution in [0.1, 0.15) is 25.3 Å². The fourth-order valence-electron chi connectivity index (χ4n) is 2.57. The zero-order valence-electron chi connectivity index (χ0n) is 11.8. The standard InChI is InChI=1S/C15H23N3S/c1-3-18-10-4-5-14(18)11-16-15(19)17-13-8-6-12(2)7-9-13/h6-9,14H,3-5,10-11H2,1-2H3,(H2,16,17,19). The van der Waals surface area contributed by atoms with Gasteiger partial charge >= 0.3 is 0 Å². The van der Waals surface area contributed by atoms with Crippen molar-refractivity contribution < 1.29 is 0 Å². The number of hydrogen-bond acceptors (Lipinski definition) is 2. The van der Waals surface area contributed by atoms with E-state index in [1.807, 2.05) is 0 Å². The Morgan fingerprint density at radius 2 is 2.11 bits per heavy atom. The third-order valence-corrected chi connectivity index (χ3v) is 3.96. The smallest absolute Gasteiger partial charge is 0.170 e. The van der Waals surface area contributed by atoms with Crippen molar-refractivity contribution >= 4 is 23.0 Å². The molecule has 1 heterocycles. The lowest BCUT2D eigenvalue weighted by Gasteiger charge is -2.23. The number of benzene rings is 1. The maximum Gasteiger partial charge on any atom is 0.170 e. The summed E-state index contributed by atoms with van der Waals surface area (Å²) in [6.07, 6.45) is 2.58. The van der Waals surface area contributed by atoms with Gasteiger partial charge in [-0.15, -0.1) is 0 Å². The molecular formula is C15H23N3S. The lowest BCUT2D eigenvalue weighted by Crippen LogP contribution is -2.41. The molecule has 0 aromatic heterocycles. The number of thiocarbonyl (C=S) groups is 1. The molecule has 1 aromatic rings. The zero-order chi connectivity index (χ0) is 13.7. The molecule has 104 valence electrons. The second-order valence-corrected chi connectivity index (χ2v) is 5.53. The molecule has 1 aliphatic rings. The Balaban J connectivity index is 1.77. The fourth-order valence-corrected chi connectivity index (χ4v) is 2.77. The van der Waals surface area contributed by atoms with Crippen LogP contribution in [0.2, 0.25) is 0 Å². The van der Waals surface area contributed by atoms with Crippen LogP contribution < -0.4 is 10.6 Å². The summed E-state index contributed by atoms with van der Waals surface area (Å²) in [5.74, 6) is 0. The first-order valence-electron chi connectivity index (χ1n) is 7.04. The molecule has 1 atom stereocenters. The van der Waals surface area contributed by atoms with Gasteiger partial charge in [-0.1, -0.05) is 24.6 Å². The second-order valence-electron chi connectivity index (χ2n) is 5.13. The van der Waals surface area contributed by atoms with Gasteiger partial charge in [-0.2, -0.15) is 0 Å². The first-order valence-corrected chi connectivity index (χ1v) is 7.45. The van der Waals surface area contributed by atoms with E-state index in [9.17, 15) is 0 Å². The highest BCUT2D eigenvalue weighted by Crippen LogP contribution is 2.15. The van der Waals surface area contributed by atoms with Crippen LogP contribution in [-0.4, -0.2) is 35.7 Å². The SMILES string of the molecule is CCN1CCCC1CNC(=S)Nc1ccc(C)cc1. The highest BCUT2D eigenvalue weighted by Gasteiger charge is 2.22. The van der Waals surface area contributed by atoms with Crippen LogP contribution >= 0.6 is 12.2 Å². The van der Waals surface area contributed by atoms with Gasteiger partial charge in [0.25, 0.3) is 0 Å². The number of anilines is 1. The molecule has 0 saturated carbocycles. The average Bonchev–Trinajstić information content (AvgIpc) is 2.86. The van der Waals surface area contributed by atoms with Crippen molar-refractivity contribution in [2.45, 2.75) is 32.7 Å². The Bertz CT molecular complexity index is 416. The van der Waals surface area contributed by atoms with Gasteiger partial charge in [-0.05, 0) is 57.2 Å².